The molecule has 1 unspecified atom stereocenters. The van der Waals surface area contributed by atoms with Crippen molar-refractivity contribution in [3.63, 3.8) is 0 Å². The summed E-state index contributed by atoms with van der Waals surface area (Å²) in [6.07, 6.45) is 13.3. The van der Waals surface area contributed by atoms with Crippen molar-refractivity contribution in [1.82, 2.24) is 20.1 Å². The first-order chi connectivity index (χ1) is 35.2. The lowest BCUT2D eigenvalue weighted by Crippen LogP contribution is -2.46. The summed E-state index contributed by atoms with van der Waals surface area (Å²) in [6.45, 7) is 13.4. The molecule has 2 aliphatic heterocycles. The summed E-state index contributed by atoms with van der Waals surface area (Å²) in [7, 11) is 4.10. The number of esters is 1. The van der Waals surface area contributed by atoms with Crippen LogP contribution in [-0.4, -0.2) is 149 Å². The number of nitrogens with one attached hydrogen (secondary N) is 2. The second-order valence-electron chi connectivity index (χ2n) is 19.7. The number of aldehydes is 1. The number of nitrogens with two attached hydrogens (primary N) is 1. The van der Waals surface area contributed by atoms with Gasteiger partial charge in [-0.3, -0.25) is 33.9 Å². The number of amides is 3. The van der Waals surface area contributed by atoms with Gasteiger partial charge >= 0.3 is 5.97 Å². The average Bonchev–Trinajstić information content (AvgIpc) is 3.88. The Morgan fingerprint density at radius 1 is 0.767 bits per heavy atom. The second-order valence-corrected chi connectivity index (χ2v) is 19.7. The van der Waals surface area contributed by atoms with Crippen LogP contribution in [0.1, 0.15) is 114 Å². The van der Waals surface area contributed by atoms with E-state index in [1.165, 1.54) is 44.4 Å². The molecular weight excluding hydrogens is 927 g/mol. The molecular formula is C57H79N7O9. The molecule has 3 amide bonds. The van der Waals surface area contributed by atoms with Gasteiger partial charge in [-0.05, 0) is 153 Å². The first kappa shape index (κ1) is 57.9. The van der Waals surface area contributed by atoms with Crippen molar-refractivity contribution in [3.05, 3.63) is 113 Å². The van der Waals surface area contributed by atoms with E-state index in [4.69, 9.17) is 24.7 Å². The number of fused-ring (bicyclic) bond motifs is 1. The van der Waals surface area contributed by atoms with Crippen molar-refractivity contribution in [2.24, 2.45) is 5.73 Å². The third kappa shape index (κ3) is 20.8. The number of carbonyl (C=O) groups is 5. The number of aromatic nitrogens is 1. The Balaban J connectivity index is 0.000000227. The molecule has 73 heavy (non-hydrogen) atoms. The summed E-state index contributed by atoms with van der Waals surface area (Å²) in [4.78, 5) is 70.7. The SMILES string of the molecule is CN(C)CCN1CCCC1C(=O)NCCOCCOCCOCCC(=O)OC(C)(C)C.NC(=O)c1ccnc(-c2cc(N3CCCCC3)ccc2NC(=O)c2cccc(C=O)c2)c1.c1ccc2c(c1)CCCC2. The minimum Gasteiger partial charge on any atom is -0.460 e. The highest BCUT2D eigenvalue weighted by molar-refractivity contribution is 6.07. The van der Waals surface area contributed by atoms with E-state index >= 15 is 0 Å². The van der Waals surface area contributed by atoms with Crippen molar-refractivity contribution in [2.75, 3.05) is 103 Å². The smallest absolute Gasteiger partial charge is 0.308 e. The molecule has 16 nitrogen and oxygen atoms in total. The topological polar surface area (TPSA) is 195 Å². The summed E-state index contributed by atoms with van der Waals surface area (Å²) < 4.78 is 21.5. The van der Waals surface area contributed by atoms with E-state index in [9.17, 15) is 24.0 Å². The number of likely N-dealkylation sites (N-methyl/N-ethyl adjacent to an activating group) is 1. The molecule has 4 aromatic rings. The Labute approximate surface area is 432 Å². The highest BCUT2D eigenvalue weighted by Gasteiger charge is 2.30. The lowest BCUT2D eigenvalue weighted by Gasteiger charge is -2.29. The zero-order chi connectivity index (χ0) is 52.4. The van der Waals surface area contributed by atoms with E-state index in [0.29, 0.717) is 86.1 Å². The fraction of sp³-hybridized carbons (Fsp3) is 0.509. The summed E-state index contributed by atoms with van der Waals surface area (Å²) >= 11 is 0. The van der Waals surface area contributed by atoms with Gasteiger partial charge in [0.1, 0.15) is 11.9 Å². The largest absolute Gasteiger partial charge is 0.460 e. The van der Waals surface area contributed by atoms with Crippen LogP contribution >= 0.6 is 0 Å². The molecule has 4 N–H and O–H groups in total. The second kappa shape index (κ2) is 30.9. The number of ether oxygens (including phenoxy) is 4. The molecule has 0 saturated carbocycles. The van der Waals surface area contributed by atoms with E-state index in [-0.39, 0.29) is 30.2 Å². The zero-order valence-electron chi connectivity index (χ0n) is 43.8. The van der Waals surface area contributed by atoms with Gasteiger partial charge < -0.3 is 45.1 Å². The molecule has 3 aliphatic rings. The first-order valence-electron chi connectivity index (χ1n) is 25.9. The van der Waals surface area contributed by atoms with Gasteiger partial charge in [0.15, 0.2) is 0 Å². The number of aryl methyl sites for hydroxylation is 2. The number of hydrogen-bond acceptors (Lipinski definition) is 13. The molecule has 1 aliphatic carbocycles. The first-order valence-corrected chi connectivity index (χ1v) is 25.9. The van der Waals surface area contributed by atoms with Gasteiger partial charge in [0.25, 0.3) is 5.91 Å². The molecule has 396 valence electrons. The Morgan fingerprint density at radius 3 is 2.11 bits per heavy atom. The maximum atomic E-state index is 12.9. The van der Waals surface area contributed by atoms with Crippen molar-refractivity contribution in [3.8, 4) is 11.3 Å². The number of nitrogens with zero attached hydrogens (tertiary/aromatic N) is 4. The molecule has 2 saturated heterocycles. The lowest BCUT2D eigenvalue weighted by molar-refractivity contribution is -0.156. The molecule has 16 heteroatoms. The molecule has 3 aromatic carbocycles. The van der Waals surface area contributed by atoms with Crippen molar-refractivity contribution in [2.45, 2.75) is 96.6 Å². The number of rotatable bonds is 22. The number of anilines is 2. The molecule has 0 bridgehead atoms. The fourth-order valence-electron chi connectivity index (χ4n) is 8.73. The van der Waals surface area contributed by atoms with E-state index in [1.807, 2.05) is 53.1 Å². The normalized spacial score (nSPS) is 15.5. The van der Waals surface area contributed by atoms with Crippen LogP contribution in [0.15, 0.2) is 85.1 Å². The van der Waals surface area contributed by atoms with Crippen LogP contribution < -0.4 is 21.3 Å². The third-order valence-corrected chi connectivity index (χ3v) is 12.5. The van der Waals surface area contributed by atoms with Gasteiger partial charge in [-0.15, -0.1) is 0 Å². The number of likely N-dealkylation sites (tertiary alicyclic amines) is 1. The van der Waals surface area contributed by atoms with E-state index in [2.05, 4.69) is 54.6 Å². The van der Waals surface area contributed by atoms with E-state index in [0.717, 1.165) is 64.1 Å². The van der Waals surface area contributed by atoms with Crippen molar-refractivity contribution < 1.29 is 42.9 Å². The number of hydrogen-bond donors (Lipinski definition) is 3. The Kier molecular flexibility index (Phi) is 24.5. The molecule has 0 radical (unpaired) electrons. The van der Waals surface area contributed by atoms with E-state index in [1.54, 1.807) is 41.5 Å². The fourth-order valence-corrected chi connectivity index (χ4v) is 8.73. The summed E-state index contributed by atoms with van der Waals surface area (Å²) in [5, 5.41) is 5.90. The van der Waals surface area contributed by atoms with Crippen LogP contribution in [0, 0.1) is 0 Å². The quantitative estimate of drug-likeness (QED) is 0.0402. The Bertz CT molecular complexity index is 2340. The summed E-state index contributed by atoms with van der Waals surface area (Å²) in [5.41, 5.74) is 12.1. The number of pyridine rings is 1. The van der Waals surface area contributed by atoms with Gasteiger partial charge in [-0.1, -0.05) is 36.4 Å². The minimum absolute atomic E-state index is 0.0152. The highest BCUT2D eigenvalue weighted by Crippen LogP contribution is 2.33. The summed E-state index contributed by atoms with van der Waals surface area (Å²) in [5.74, 6) is -1.05. The number of piperidine rings is 1. The summed E-state index contributed by atoms with van der Waals surface area (Å²) in [6, 6.07) is 24.3. The molecule has 1 atom stereocenters. The lowest BCUT2D eigenvalue weighted by atomic mass is 9.92. The predicted molar refractivity (Wildman–Crippen MR) is 286 cm³/mol. The van der Waals surface area contributed by atoms with Gasteiger partial charge in [-0.2, -0.15) is 0 Å². The number of carbonyl (C=O) groups excluding carboxylic acids is 5. The van der Waals surface area contributed by atoms with Gasteiger partial charge in [0.2, 0.25) is 11.8 Å². The van der Waals surface area contributed by atoms with Gasteiger partial charge in [0.05, 0.1) is 63.5 Å². The third-order valence-electron chi connectivity index (χ3n) is 12.5. The Morgan fingerprint density at radius 2 is 1.45 bits per heavy atom. The van der Waals surface area contributed by atoms with Gasteiger partial charge in [0, 0.05) is 66.9 Å². The minimum atomic E-state index is -0.544. The van der Waals surface area contributed by atoms with Crippen LogP contribution in [0.5, 0.6) is 0 Å². The molecule has 2 fully saturated rings. The number of benzene rings is 3. The van der Waals surface area contributed by atoms with Crippen LogP contribution in [0.2, 0.25) is 0 Å². The van der Waals surface area contributed by atoms with Crippen molar-refractivity contribution in [1.29, 1.82) is 0 Å². The average molecular weight is 1010 g/mol. The van der Waals surface area contributed by atoms with Crippen LogP contribution in [0.4, 0.5) is 11.4 Å². The van der Waals surface area contributed by atoms with Gasteiger partial charge in [-0.25, -0.2) is 0 Å². The predicted octanol–water partition coefficient (Wildman–Crippen LogP) is 7.38. The van der Waals surface area contributed by atoms with E-state index < -0.39 is 11.5 Å². The zero-order valence-corrected chi connectivity index (χ0v) is 43.8. The maximum absolute atomic E-state index is 12.9. The monoisotopic (exact) mass is 1010 g/mol. The molecule has 1 aromatic heterocycles. The standard InChI is InChI=1S/C25H24N4O3.C22H43N3O6.C10H12/c26-24(31)18-9-10-27-23(14-18)21-15-20(29-11-2-1-3-12-29)7-8-22(21)28-25(32)19-6-4-5-17(13-19)16-30;1-22(2,3)31-20(26)8-13-28-15-17-30-18-16-29-14-9-23-21(27)19-7-6-10-25(19)12-11-24(4)5;1-2-6-10-8-4-3-7-9(10)5-1/h4-10,13-16H,1-3,11-12H2,(H2,26,31)(H,28,32);19H,6-18H2,1-5H3,(H,23,27);1-2,5-6H,3-4,7-8H2. The number of primary amides is 1. The van der Waals surface area contributed by atoms with Crippen LogP contribution in [-0.2, 0) is 41.4 Å². The molecule has 7 rings (SSSR count). The molecule has 0 spiro atoms. The van der Waals surface area contributed by atoms with Crippen LogP contribution in [0.3, 0.4) is 0 Å². The molecule has 3 heterocycles. The maximum Gasteiger partial charge on any atom is 0.308 e. The Hall–Kier alpha value is -6.04. The van der Waals surface area contributed by atoms with Crippen LogP contribution in [0.25, 0.3) is 11.3 Å². The van der Waals surface area contributed by atoms with Crippen molar-refractivity contribution >= 4 is 41.4 Å². The highest BCUT2D eigenvalue weighted by atomic mass is 16.6.